The fraction of sp³-hybridized carbons (Fsp3) is 0.571. The highest BCUT2D eigenvalue weighted by atomic mass is 35.5. The van der Waals surface area contributed by atoms with E-state index in [0.717, 1.165) is 18.1 Å². The molecule has 3 heteroatoms. The summed E-state index contributed by atoms with van der Waals surface area (Å²) in [6, 6.07) is 8.65. The highest BCUT2D eigenvalue weighted by Crippen LogP contribution is 2.33. The Kier molecular flexibility index (Phi) is 3.64. The zero-order valence-electron chi connectivity index (χ0n) is 10.8. The van der Waals surface area contributed by atoms with Crippen molar-refractivity contribution in [1.29, 1.82) is 0 Å². The Morgan fingerprint density at radius 2 is 2.18 bits per heavy atom. The van der Waals surface area contributed by atoms with Gasteiger partial charge in [-0.25, -0.2) is 0 Å². The van der Waals surface area contributed by atoms with Crippen LogP contribution in [0.5, 0.6) is 0 Å². The van der Waals surface area contributed by atoms with Gasteiger partial charge in [-0.3, -0.25) is 0 Å². The van der Waals surface area contributed by atoms with Gasteiger partial charge in [-0.1, -0.05) is 31.5 Å². The number of hydrogen-bond donors (Lipinski definition) is 1. The second-order valence-electron chi connectivity index (χ2n) is 5.51. The van der Waals surface area contributed by atoms with E-state index in [1.807, 2.05) is 25.2 Å². The maximum absolute atomic E-state index is 6.05. The van der Waals surface area contributed by atoms with E-state index in [2.05, 4.69) is 30.1 Å². The molecule has 1 saturated heterocycles. The van der Waals surface area contributed by atoms with Crippen molar-refractivity contribution in [3.63, 3.8) is 0 Å². The Morgan fingerprint density at radius 3 is 2.82 bits per heavy atom. The molecule has 1 N–H and O–H groups in total. The number of halogens is 1. The van der Waals surface area contributed by atoms with Crippen LogP contribution in [0.4, 0.5) is 5.69 Å². The molecule has 2 nitrogen and oxygen atoms in total. The lowest BCUT2D eigenvalue weighted by Gasteiger charge is -2.44. The van der Waals surface area contributed by atoms with Crippen LogP contribution in [-0.4, -0.2) is 26.2 Å². The van der Waals surface area contributed by atoms with Gasteiger partial charge in [0.25, 0.3) is 0 Å². The molecule has 1 aromatic rings. The quantitative estimate of drug-likeness (QED) is 0.870. The van der Waals surface area contributed by atoms with Crippen LogP contribution >= 0.6 is 11.6 Å². The second-order valence-corrected chi connectivity index (χ2v) is 5.94. The van der Waals surface area contributed by atoms with Gasteiger partial charge in [-0.2, -0.15) is 0 Å². The van der Waals surface area contributed by atoms with Crippen LogP contribution in [0.15, 0.2) is 24.3 Å². The van der Waals surface area contributed by atoms with E-state index in [4.69, 9.17) is 11.6 Å². The summed E-state index contributed by atoms with van der Waals surface area (Å²) in [4.78, 5) is 2.41. The van der Waals surface area contributed by atoms with Gasteiger partial charge >= 0.3 is 0 Å². The van der Waals surface area contributed by atoms with Crippen LogP contribution in [0, 0.1) is 5.41 Å². The summed E-state index contributed by atoms with van der Waals surface area (Å²) >= 11 is 6.05. The van der Waals surface area contributed by atoms with Crippen LogP contribution < -0.4 is 10.2 Å². The second kappa shape index (κ2) is 4.87. The minimum atomic E-state index is 0.365. The van der Waals surface area contributed by atoms with E-state index >= 15 is 0 Å². The molecule has 0 aromatic heterocycles. The van der Waals surface area contributed by atoms with Crippen molar-refractivity contribution < 1.29 is 0 Å². The number of anilines is 1. The molecule has 1 atom stereocenters. The van der Waals surface area contributed by atoms with Crippen molar-refractivity contribution in [2.24, 2.45) is 5.41 Å². The molecular weight excluding hydrogens is 232 g/mol. The van der Waals surface area contributed by atoms with Crippen molar-refractivity contribution in [2.75, 3.05) is 25.0 Å². The normalized spacial score (nSPS) is 23.8. The van der Waals surface area contributed by atoms with Gasteiger partial charge in [0.15, 0.2) is 0 Å². The lowest BCUT2D eigenvalue weighted by molar-refractivity contribution is 0.208. The van der Waals surface area contributed by atoms with Crippen LogP contribution in [0.2, 0.25) is 5.02 Å². The average molecular weight is 253 g/mol. The molecule has 17 heavy (non-hydrogen) atoms. The van der Waals surface area contributed by atoms with Gasteiger partial charge in [0.2, 0.25) is 0 Å². The van der Waals surface area contributed by atoms with Gasteiger partial charge < -0.3 is 10.2 Å². The van der Waals surface area contributed by atoms with E-state index < -0.39 is 0 Å². The maximum Gasteiger partial charge on any atom is 0.0426 e. The molecule has 0 amide bonds. The minimum Gasteiger partial charge on any atom is -0.370 e. The third kappa shape index (κ3) is 2.75. The largest absolute Gasteiger partial charge is 0.370 e. The Morgan fingerprint density at radius 1 is 1.41 bits per heavy atom. The fourth-order valence-electron chi connectivity index (χ4n) is 2.55. The molecule has 2 rings (SSSR count). The fourth-order valence-corrected chi connectivity index (χ4v) is 2.73. The summed E-state index contributed by atoms with van der Waals surface area (Å²) in [6.45, 7) is 6.82. The Balaban J connectivity index is 2.15. The maximum atomic E-state index is 6.05. The molecule has 0 saturated carbocycles. The van der Waals surface area contributed by atoms with Crippen molar-refractivity contribution >= 4 is 17.3 Å². The summed E-state index contributed by atoms with van der Waals surface area (Å²) in [5.41, 5.74) is 1.59. The van der Waals surface area contributed by atoms with Gasteiger partial charge in [0, 0.05) is 29.8 Å². The first-order valence-electron chi connectivity index (χ1n) is 6.21. The number of benzene rings is 1. The Labute approximate surface area is 109 Å². The molecule has 0 spiro atoms. The van der Waals surface area contributed by atoms with Gasteiger partial charge in [-0.15, -0.1) is 0 Å². The third-order valence-electron chi connectivity index (χ3n) is 3.89. The molecule has 0 bridgehead atoms. The number of likely N-dealkylation sites (N-methyl/N-ethyl adjacent to an activating group) is 1. The van der Waals surface area contributed by atoms with Gasteiger partial charge in [-0.05, 0) is 37.1 Å². The van der Waals surface area contributed by atoms with Crippen molar-refractivity contribution in [3.8, 4) is 0 Å². The number of hydrogen-bond acceptors (Lipinski definition) is 2. The van der Waals surface area contributed by atoms with E-state index in [9.17, 15) is 0 Å². The van der Waals surface area contributed by atoms with Gasteiger partial charge in [0.1, 0.15) is 0 Å². The molecule has 0 radical (unpaired) electrons. The van der Waals surface area contributed by atoms with Crippen molar-refractivity contribution in [2.45, 2.75) is 26.3 Å². The van der Waals surface area contributed by atoms with Crippen LogP contribution in [0.1, 0.15) is 20.3 Å². The molecule has 1 aliphatic rings. The highest BCUT2D eigenvalue weighted by molar-refractivity contribution is 6.30. The molecule has 1 fully saturated rings. The predicted octanol–water partition coefficient (Wildman–Crippen LogP) is 3.16. The lowest BCUT2D eigenvalue weighted by Crippen LogP contribution is -2.54. The van der Waals surface area contributed by atoms with E-state index in [-0.39, 0.29) is 0 Å². The number of piperidine rings is 1. The Hall–Kier alpha value is -0.730. The predicted molar refractivity (Wildman–Crippen MR) is 74.9 cm³/mol. The molecule has 1 heterocycles. The zero-order chi connectivity index (χ0) is 12.5. The summed E-state index contributed by atoms with van der Waals surface area (Å²) in [5.74, 6) is 0. The Bertz CT molecular complexity index is 390. The summed E-state index contributed by atoms with van der Waals surface area (Å²) < 4.78 is 0. The summed E-state index contributed by atoms with van der Waals surface area (Å²) in [7, 11) is 2.05. The molecule has 1 unspecified atom stereocenters. The zero-order valence-corrected chi connectivity index (χ0v) is 11.6. The smallest absolute Gasteiger partial charge is 0.0426 e. The molecular formula is C14H21ClN2. The van der Waals surface area contributed by atoms with Crippen molar-refractivity contribution in [1.82, 2.24) is 5.32 Å². The number of nitrogens with zero attached hydrogens (tertiary/aromatic N) is 1. The van der Waals surface area contributed by atoms with Crippen LogP contribution in [0.25, 0.3) is 0 Å². The van der Waals surface area contributed by atoms with Crippen LogP contribution in [-0.2, 0) is 0 Å². The summed E-state index contributed by atoms with van der Waals surface area (Å²) in [5, 5.41) is 4.25. The first kappa shape index (κ1) is 12.7. The molecule has 1 aliphatic heterocycles. The summed E-state index contributed by atoms with van der Waals surface area (Å²) in [6.07, 6.45) is 1.20. The van der Waals surface area contributed by atoms with Gasteiger partial charge in [0.05, 0.1) is 0 Å². The standard InChI is InChI=1S/C14H21ClN2/c1-14(2)7-8-17(10-13(14)16-3)12-6-4-5-11(15)9-12/h4-6,9,13,16H,7-8,10H2,1-3H3. The minimum absolute atomic E-state index is 0.365. The molecule has 94 valence electrons. The molecule has 0 aliphatic carbocycles. The van der Waals surface area contributed by atoms with E-state index in [1.54, 1.807) is 0 Å². The number of nitrogens with one attached hydrogen (secondary N) is 1. The molecule has 1 aromatic carbocycles. The SMILES string of the molecule is CNC1CN(c2cccc(Cl)c2)CCC1(C)C. The first-order chi connectivity index (χ1) is 8.03. The highest BCUT2D eigenvalue weighted by Gasteiger charge is 2.34. The van der Waals surface area contributed by atoms with Crippen LogP contribution in [0.3, 0.4) is 0 Å². The van der Waals surface area contributed by atoms with Crippen molar-refractivity contribution in [3.05, 3.63) is 29.3 Å². The topological polar surface area (TPSA) is 15.3 Å². The monoisotopic (exact) mass is 252 g/mol. The van der Waals surface area contributed by atoms with E-state index in [0.29, 0.717) is 11.5 Å². The van der Waals surface area contributed by atoms with E-state index in [1.165, 1.54) is 12.1 Å². The average Bonchev–Trinajstić information content (AvgIpc) is 2.28. The first-order valence-corrected chi connectivity index (χ1v) is 6.58. The number of rotatable bonds is 2. The third-order valence-corrected chi connectivity index (χ3v) is 4.13. The lowest BCUT2D eigenvalue weighted by atomic mass is 9.78.